The summed E-state index contributed by atoms with van der Waals surface area (Å²) in [5.74, 6) is 0.862. The topological polar surface area (TPSA) is 38.1 Å². The molecule has 0 unspecified atom stereocenters. The number of hydrogen-bond donors (Lipinski definition) is 1. The third-order valence-corrected chi connectivity index (χ3v) is 2.47. The van der Waals surface area contributed by atoms with E-state index < -0.39 is 0 Å². The second-order valence-electron chi connectivity index (χ2n) is 3.53. The average Bonchev–Trinajstić information content (AvgIpc) is 2.59. The lowest BCUT2D eigenvalue weighted by Crippen LogP contribution is -1.88. The molecule has 0 aliphatic rings. The maximum Gasteiger partial charge on any atom is 0.141 e. The summed E-state index contributed by atoms with van der Waals surface area (Å²) < 4.78 is 5.15. The Morgan fingerprint density at radius 3 is 2.67 bits per heavy atom. The van der Waals surface area contributed by atoms with E-state index in [1.807, 2.05) is 33.0 Å². The molecule has 2 aromatic rings. The van der Waals surface area contributed by atoms with Gasteiger partial charge in [0.15, 0.2) is 0 Å². The van der Waals surface area contributed by atoms with Crippen molar-refractivity contribution in [3.63, 3.8) is 0 Å². The molecule has 2 rings (SSSR count). The summed E-state index contributed by atoms with van der Waals surface area (Å²) in [7, 11) is 1.91. The highest BCUT2D eigenvalue weighted by molar-refractivity contribution is 5.71. The number of anilines is 1. The summed E-state index contributed by atoms with van der Waals surface area (Å²) in [6.45, 7) is 3.89. The van der Waals surface area contributed by atoms with Crippen LogP contribution in [0.2, 0.25) is 0 Å². The van der Waals surface area contributed by atoms with E-state index in [9.17, 15) is 0 Å². The van der Waals surface area contributed by atoms with Gasteiger partial charge in [0.05, 0.1) is 5.69 Å². The Morgan fingerprint density at radius 1 is 1.27 bits per heavy atom. The standard InChI is InChI=1S/C12H14N2O/c1-8-12(9(2)15-14-8)10-5-4-6-11(7-10)13-3/h4-7,13H,1-3H3. The fourth-order valence-electron chi connectivity index (χ4n) is 1.73. The number of aromatic nitrogens is 1. The van der Waals surface area contributed by atoms with E-state index in [0.29, 0.717) is 0 Å². The Labute approximate surface area is 89.1 Å². The third kappa shape index (κ3) is 1.73. The number of nitrogens with one attached hydrogen (secondary N) is 1. The molecular weight excluding hydrogens is 188 g/mol. The predicted octanol–water partition coefficient (Wildman–Crippen LogP) is 3.00. The molecule has 3 heteroatoms. The molecule has 0 aliphatic carbocycles. The van der Waals surface area contributed by atoms with Crippen molar-refractivity contribution in [2.45, 2.75) is 13.8 Å². The third-order valence-electron chi connectivity index (χ3n) is 2.47. The molecular formula is C12H14N2O. The molecule has 1 heterocycles. The molecule has 1 N–H and O–H groups in total. The van der Waals surface area contributed by atoms with Gasteiger partial charge >= 0.3 is 0 Å². The lowest BCUT2D eigenvalue weighted by Gasteiger charge is -2.03. The lowest BCUT2D eigenvalue weighted by atomic mass is 10.0. The molecule has 0 radical (unpaired) electrons. The van der Waals surface area contributed by atoms with Crippen molar-refractivity contribution >= 4 is 5.69 Å². The van der Waals surface area contributed by atoms with Crippen molar-refractivity contribution in [3.05, 3.63) is 35.7 Å². The predicted molar refractivity (Wildman–Crippen MR) is 61.0 cm³/mol. The highest BCUT2D eigenvalue weighted by Crippen LogP contribution is 2.28. The van der Waals surface area contributed by atoms with Gasteiger partial charge in [0.2, 0.25) is 0 Å². The van der Waals surface area contributed by atoms with Gasteiger partial charge in [0.1, 0.15) is 5.76 Å². The second-order valence-corrected chi connectivity index (χ2v) is 3.53. The number of aryl methyl sites for hydroxylation is 2. The molecule has 0 atom stereocenters. The molecule has 78 valence electrons. The Hall–Kier alpha value is -1.77. The number of nitrogens with zero attached hydrogens (tertiary/aromatic N) is 1. The number of benzene rings is 1. The number of rotatable bonds is 2. The average molecular weight is 202 g/mol. The maximum atomic E-state index is 5.15. The van der Waals surface area contributed by atoms with E-state index in [0.717, 1.165) is 28.3 Å². The van der Waals surface area contributed by atoms with Crippen molar-refractivity contribution in [3.8, 4) is 11.1 Å². The maximum absolute atomic E-state index is 5.15. The van der Waals surface area contributed by atoms with E-state index in [4.69, 9.17) is 4.52 Å². The zero-order valence-electron chi connectivity index (χ0n) is 9.16. The van der Waals surface area contributed by atoms with Crippen LogP contribution in [-0.2, 0) is 0 Å². The Balaban J connectivity index is 2.53. The van der Waals surface area contributed by atoms with Crippen LogP contribution >= 0.6 is 0 Å². The Morgan fingerprint density at radius 2 is 2.07 bits per heavy atom. The molecule has 1 aromatic heterocycles. The van der Waals surface area contributed by atoms with Crippen LogP contribution in [0.3, 0.4) is 0 Å². The molecule has 0 saturated carbocycles. The molecule has 0 amide bonds. The quantitative estimate of drug-likeness (QED) is 0.813. The molecule has 0 aliphatic heterocycles. The van der Waals surface area contributed by atoms with Crippen LogP contribution in [0.15, 0.2) is 28.8 Å². The molecule has 1 aromatic carbocycles. The smallest absolute Gasteiger partial charge is 0.141 e. The van der Waals surface area contributed by atoms with Crippen LogP contribution < -0.4 is 5.32 Å². The summed E-state index contributed by atoms with van der Waals surface area (Å²) in [5.41, 5.74) is 4.25. The fraction of sp³-hybridized carbons (Fsp3) is 0.250. The van der Waals surface area contributed by atoms with Crippen molar-refractivity contribution in [1.82, 2.24) is 5.16 Å². The molecule has 0 spiro atoms. The van der Waals surface area contributed by atoms with E-state index in [1.165, 1.54) is 0 Å². The summed E-state index contributed by atoms with van der Waals surface area (Å²) >= 11 is 0. The summed E-state index contributed by atoms with van der Waals surface area (Å²) in [6.07, 6.45) is 0. The first-order valence-corrected chi connectivity index (χ1v) is 4.93. The van der Waals surface area contributed by atoms with E-state index in [-0.39, 0.29) is 0 Å². The first-order valence-electron chi connectivity index (χ1n) is 4.93. The van der Waals surface area contributed by atoms with Crippen LogP contribution in [0.4, 0.5) is 5.69 Å². The minimum atomic E-state index is 0.862. The number of hydrogen-bond acceptors (Lipinski definition) is 3. The minimum Gasteiger partial charge on any atom is -0.388 e. The van der Waals surface area contributed by atoms with Crippen molar-refractivity contribution in [2.24, 2.45) is 0 Å². The van der Waals surface area contributed by atoms with Crippen LogP contribution in [-0.4, -0.2) is 12.2 Å². The molecule has 0 fully saturated rings. The first kappa shape index (κ1) is 9.77. The second kappa shape index (κ2) is 3.77. The summed E-state index contributed by atoms with van der Waals surface area (Å²) in [5, 5.41) is 7.07. The highest BCUT2D eigenvalue weighted by atomic mass is 16.5. The molecule has 15 heavy (non-hydrogen) atoms. The van der Waals surface area contributed by atoms with E-state index in [2.05, 4.69) is 22.6 Å². The fourth-order valence-corrected chi connectivity index (χ4v) is 1.73. The zero-order valence-corrected chi connectivity index (χ0v) is 9.16. The zero-order chi connectivity index (χ0) is 10.8. The Bertz CT molecular complexity index is 455. The van der Waals surface area contributed by atoms with E-state index >= 15 is 0 Å². The Kier molecular flexibility index (Phi) is 2.46. The largest absolute Gasteiger partial charge is 0.388 e. The van der Waals surface area contributed by atoms with Crippen LogP contribution in [0.5, 0.6) is 0 Å². The van der Waals surface area contributed by atoms with Gasteiger partial charge in [-0.05, 0) is 31.5 Å². The van der Waals surface area contributed by atoms with Gasteiger partial charge in [-0.25, -0.2) is 0 Å². The van der Waals surface area contributed by atoms with Crippen molar-refractivity contribution in [2.75, 3.05) is 12.4 Å². The van der Waals surface area contributed by atoms with Crippen LogP contribution in [0.1, 0.15) is 11.5 Å². The monoisotopic (exact) mass is 202 g/mol. The molecule has 0 saturated heterocycles. The van der Waals surface area contributed by atoms with Gasteiger partial charge in [0, 0.05) is 18.3 Å². The van der Waals surface area contributed by atoms with Gasteiger partial charge in [-0.1, -0.05) is 17.3 Å². The van der Waals surface area contributed by atoms with Crippen molar-refractivity contribution in [1.29, 1.82) is 0 Å². The SMILES string of the molecule is CNc1cccc(-c2c(C)noc2C)c1. The molecule has 3 nitrogen and oxygen atoms in total. The van der Waals surface area contributed by atoms with E-state index in [1.54, 1.807) is 0 Å². The van der Waals surface area contributed by atoms with Gasteiger partial charge < -0.3 is 9.84 Å². The highest BCUT2D eigenvalue weighted by Gasteiger charge is 2.10. The normalized spacial score (nSPS) is 10.3. The summed E-state index contributed by atoms with van der Waals surface area (Å²) in [4.78, 5) is 0. The van der Waals surface area contributed by atoms with Crippen LogP contribution in [0, 0.1) is 13.8 Å². The van der Waals surface area contributed by atoms with Gasteiger partial charge in [-0.15, -0.1) is 0 Å². The van der Waals surface area contributed by atoms with Gasteiger partial charge in [-0.2, -0.15) is 0 Å². The lowest BCUT2D eigenvalue weighted by molar-refractivity contribution is 0.393. The first-order chi connectivity index (χ1) is 7.22. The van der Waals surface area contributed by atoms with Gasteiger partial charge in [0.25, 0.3) is 0 Å². The van der Waals surface area contributed by atoms with Gasteiger partial charge in [-0.3, -0.25) is 0 Å². The summed E-state index contributed by atoms with van der Waals surface area (Å²) in [6, 6.07) is 8.20. The molecule has 0 bridgehead atoms. The minimum absolute atomic E-state index is 0.862. The van der Waals surface area contributed by atoms with Crippen LogP contribution in [0.25, 0.3) is 11.1 Å². The van der Waals surface area contributed by atoms with Crippen molar-refractivity contribution < 1.29 is 4.52 Å².